The molecule has 2 N–H and O–H groups in total. The minimum atomic E-state index is -0.0579. The molecule has 0 aliphatic carbocycles. The Hall–Kier alpha value is -1.50. The summed E-state index contributed by atoms with van der Waals surface area (Å²) < 4.78 is 12.3. The zero-order chi connectivity index (χ0) is 19.1. The second kappa shape index (κ2) is 7.73. The first-order valence-corrected chi connectivity index (χ1v) is 12.9. The van der Waals surface area contributed by atoms with Crippen LogP contribution in [0.25, 0.3) is 11.2 Å². The molecule has 0 atom stereocenters. The molecule has 0 aromatic carbocycles. The molecule has 3 aromatic rings. The van der Waals surface area contributed by atoms with Crippen LogP contribution in [-0.4, -0.2) is 41.6 Å². The third kappa shape index (κ3) is 3.70. The minimum absolute atomic E-state index is 0.0579. The molecular formula is C18H18BrIN7S-. The van der Waals surface area contributed by atoms with Crippen LogP contribution in [0.4, 0.5) is 10.8 Å². The van der Waals surface area contributed by atoms with Gasteiger partial charge in [-0.25, -0.2) is 0 Å². The standard InChI is InChI=1S/C18H18BrIN7S/c1-11-7-27-15(12-2-3-20-22-5-12)6-21-18(27)17(23-11)24-16-4-14(25-28-16)10-26-8-13(19)9-26/h2-7,13,22H,8-10H2,1H3,(H,23,24)/q-1. The Kier molecular flexibility index (Phi) is 5.11. The number of fused-ring (bicyclic) bond motifs is 1. The van der Waals surface area contributed by atoms with E-state index in [1.807, 2.05) is 19.3 Å². The van der Waals surface area contributed by atoms with E-state index < -0.39 is 0 Å². The first kappa shape index (κ1) is 18.5. The summed E-state index contributed by atoms with van der Waals surface area (Å²) in [7, 11) is 0. The Balaban J connectivity index is 1.41. The molecule has 7 nitrogen and oxygen atoms in total. The van der Waals surface area contributed by atoms with E-state index in [0.29, 0.717) is 4.83 Å². The second-order valence-electron chi connectivity index (χ2n) is 6.78. The van der Waals surface area contributed by atoms with Crippen molar-refractivity contribution in [3.63, 3.8) is 0 Å². The average Bonchev–Trinajstić information content (AvgIpc) is 3.28. The topological polar surface area (TPSA) is 70.4 Å². The summed E-state index contributed by atoms with van der Waals surface area (Å²) in [6, 6.07) is 2.11. The number of likely N-dealkylation sites (tertiary alicyclic amines) is 1. The molecule has 1 fully saturated rings. The number of nitrogens with one attached hydrogen (secondary N) is 2. The molecule has 0 spiro atoms. The Labute approximate surface area is 185 Å². The fraction of sp³-hybridized carbons (Fsp3) is 0.278. The van der Waals surface area contributed by atoms with Gasteiger partial charge in [-0.1, -0.05) is 15.9 Å². The summed E-state index contributed by atoms with van der Waals surface area (Å²) in [6.07, 6.45) is 8.17. The van der Waals surface area contributed by atoms with E-state index in [1.165, 1.54) is 11.5 Å². The number of alkyl halides is 1. The van der Waals surface area contributed by atoms with Crippen LogP contribution in [0, 0.1) is 6.92 Å². The summed E-state index contributed by atoms with van der Waals surface area (Å²) >= 11 is 5.03. The van der Waals surface area contributed by atoms with Crippen molar-refractivity contribution in [2.45, 2.75) is 18.3 Å². The van der Waals surface area contributed by atoms with Crippen molar-refractivity contribution >= 4 is 49.5 Å². The van der Waals surface area contributed by atoms with Gasteiger partial charge >= 0.3 is 148 Å². The van der Waals surface area contributed by atoms with E-state index in [-0.39, 0.29) is 21.5 Å². The number of aryl methyl sites for hydroxylation is 1. The van der Waals surface area contributed by atoms with Crippen molar-refractivity contribution < 1.29 is 21.5 Å². The maximum absolute atomic E-state index is 4.68. The van der Waals surface area contributed by atoms with Crippen LogP contribution >= 0.6 is 27.5 Å². The third-order valence-electron chi connectivity index (χ3n) is 4.59. The van der Waals surface area contributed by atoms with Gasteiger partial charge in [-0.3, -0.25) is 4.90 Å². The predicted molar refractivity (Wildman–Crippen MR) is 111 cm³/mol. The van der Waals surface area contributed by atoms with Crippen LogP contribution in [0.2, 0.25) is 0 Å². The fourth-order valence-corrected chi connectivity index (χ4v) is 6.03. The van der Waals surface area contributed by atoms with E-state index in [1.54, 1.807) is 0 Å². The van der Waals surface area contributed by atoms with E-state index in [4.69, 9.17) is 0 Å². The van der Waals surface area contributed by atoms with Crippen molar-refractivity contribution in [3.8, 4) is 0 Å². The number of hydrogen-bond acceptors (Lipinski definition) is 7. The molecule has 0 radical (unpaired) electrons. The monoisotopic (exact) mass is 570 g/mol. The van der Waals surface area contributed by atoms with Crippen LogP contribution in [0.5, 0.6) is 0 Å². The van der Waals surface area contributed by atoms with Gasteiger partial charge < -0.3 is 0 Å². The number of allylic oxidation sites excluding steroid dienone is 2. The van der Waals surface area contributed by atoms with Gasteiger partial charge in [0.15, 0.2) is 0 Å². The molecule has 0 amide bonds. The Morgan fingerprint density at radius 2 is 2.32 bits per heavy atom. The number of nitrogens with zero attached hydrogens (tertiary/aromatic N) is 5. The Morgan fingerprint density at radius 3 is 3.11 bits per heavy atom. The van der Waals surface area contributed by atoms with E-state index in [2.05, 4.69) is 70.8 Å². The summed E-state index contributed by atoms with van der Waals surface area (Å²) in [5, 5.41) is 4.41. The van der Waals surface area contributed by atoms with Gasteiger partial charge in [-0.2, -0.15) is 0 Å². The fourth-order valence-electron chi connectivity index (χ4n) is 3.27. The summed E-state index contributed by atoms with van der Waals surface area (Å²) in [5.41, 5.74) is 5.03. The third-order valence-corrected chi connectivity index (χ3v) is 7.30. The number of halogens is 2. The van der Waals surface area contributed by atoms with Gasteiger partial charge in [-0.15, -0.1) is 0 Å². The van der Waals surface area contributed by atoms with Crippen molar-refractivity contribution in [1.29, 1.82) is 0 Å². The number of imidazole rings is 1. The molecule has 0 bridgehead atoms. The van der Waals surface area contributed by atoms with Gasteiger partial charge in [0.05, 0.1) is 0 Å². The summed E-state index contributed by atoms with van der Waals surface area (Å²) in [5.74, 6) is 0.756. The number of rotatable bonds is 5. The molecule has 146 valence electrons. The first-order chi connectivity index (χ1) is 13.7. The van der Waals surface area contributed by atoms with Crippen LogP contribution < -0.4 is 30.3 Å². The molecule has 3 aromatic heterocycles. The van der Waals surface area contributed by atoms with Gasteiger partial charge in [0.2, 0.25) is 0 Å². The van der Waals surface area contributed by atoms with Crippen molar-refractivity contribution in [2.75, 3.05) is 18.4 Å². The molecule has 2 aliphatic rings. The average molecular weight is 571 g/mol. The van der Waals surface area contributed by atoms with Crippen molar-refractivity contribution in [2.24, 2.45) is 0 Å². The first-order valence-electron chi connectivity index (χ1n) is 8.84. The molecule has 10 heteroatoms. The molecule has 5 heterocycles. The Bertz CT molecular complexity index is 1080. The molecule has 1 saturated heterocycles. The van der Waals surface area contributed by atoms with E-state index in [9.17, 15) is 0 Å². The van der Waals surface area contributed by atoms with Gasteiger partial charge in [-0.05, 0) is 0 Å². The zero-order valence-corrected chi connectivity index (χ0v) is 19.6. The number of anilines is 2. The normalized spacial score (nSPS) is 17.7. The van der Waals surface area contributed by atoms with Gasteiger partial charge in [0, 0.05) is 17.9 Å². The zero-order valence-electron chi connectivity index (χ0n) is 15.1. The SMILES string of the molecule is Cc1cn2c(C3=CN[I-]C=C3)cnc2c(Nc2cc(CN3CC(Br)C3)ns2)n1. The summed E-state index contributed by atoms with van der Waals surface area (Å²) in [6.45, 7) is 5.05. The van der Waals surface area contributed by atoms with E-state index in [0.717, 1.165) is 58.8 Å². The van der Waals surface area contributed by atoms with Crippen molar-refractivity contribution in [3.05, 3.63) is 51.9 Å². The second-order valence-corrected chi connectivity index (χ2v) is 10.8. The molecule has 2 aliphatic heterocycles. The maximum atomic E-state index is 4.68. The van der Waals surface area contributed by atoms with Crippen LogP contribution in [0.3, 0.4) is 0 Å². The van der Waals surface area contributed by atoms with Gasteiger partial charge in [0.25, 0.3) is 0 Å². The van der Waals surface area contributed by atoms with Crippen molar-refractivity contribution in [1.82, 2.24) is 27.2 Å². The number of aromatic nitrogens is 4. The number of hydrogen-bond donors (Lipinski definition) is 2. The molecule has 0 saturated carbocycles. The van der Waals surface area contributed by atoms with E-state index >= 15 is 0 Å². The quantitative estimate of drug-likeness (QED) is 0.261. The van der Waals surface area contributed by atoms with Gasteiger partial charge in [0.1, 0.15) is 0 Å². The Morgan fingerprint density at radius 1 is 1.43 bits per heavy atom. The molecule has 5 rings (SSSR count). The predicted octanol–water partition coefficient (Wildman–Crippen LogP) is 0.279. The molecule has 28 heavy (non-hydrogen) atoms. The van der Waals surface area contributed by atoms with Crippen LogP contribution in [0.1, 0.15) is 17.1 Å². The molecule has 0 unspecified atom stereocenters. The van der Waals surface area contributed by atoms with Crippen LogP contribution in [0.15, 0.2) is 34.8 Å². The molecular weight excluding hydrogens is 553 g/mol. The summed E-state index contributed by atoms with van der Waals surface area (Å²) in [4.78, 5) is 12.3. The van der Waals surface area contributed by atoms with Crippen LogP contribution in [-0.2, 0) is 6.54 Å².